The van der Waals surface area contributed by atoms with Gasteiger partial charge in [0.1, 0.15) is 5.82 Å². The highest BCUT2D eigenvalue weighted by Crippen LogP contribution is 2.20. The first-order valence-corrected chi connectivity index (χ1v) is 4.77. The summed E-state index contributed by atoms with van der Waals surface area (Å²) in [5.41, 5.74) is 1.55. The van der Waals surface area contributed by atoms with E-state index in [2.05, 4.69) is 22.6 Å². The van der Waals surface area contributed by atoms with E-state index in [1.54, 1.807) is 6.07 Å². The molecule has 0 aliphatic heterocycles. The largest absolute Gasteiger partial charge is 0.207 e. The van der Waals surface area contributed by atoms with E-state index in [0.29, 0.717) is 5.56 Å². The lowest BCUT2D eigenvalue weighted by atomic mass is 10.1. The summed E-state index contributed by atoms with van der Waals surface area (Å²) in [4.78, 5) is 0. The molecule has 0 aromatic heterocycles. The van der Waals surface area contributed by atoms with E-state index in [9.17, 15) is 4.39 Å². The molecule has 0 heterocycles. The number of hydrogen-bond acceptors (Lipinski definition) is 0. The summed E-state index contributed by atoms with van der Waals surface area (Å²) in [5.74, 6) is 0.0343. The molecule has 0 bridgehead atoms. The minimum atomic E-state index is -0.210. The lowest BCUT2D eigenvalue weighted by Crippen LogP contribution is -1.93. The number of benzene rings is 1. The summed E-state index contributed by atoms with van der Waals surface area (Å²) in [6.07, 6.45) is 0. The summed E-state index contributed by atoms with van der Waals surface area (Å²) >= 11 is 7.73. The predicted molar refractivity (Wildman–Crippen MR) is 53.4 cm³/mol. The van der Waals surface area contributed by atoms with Gasteiger partial charge in [0, 0.05) is 9.13 Å². The van der Waals surface area contributed by atoms with Crippen molar-refractivity contribution in [3.63, 3.8) is 0 Å². The third kappa shape index (κ3) is 1.85. The monoisotopic (exact) mass is 284 g/mol. The van der Waals surface area contributed by atoms with Gasteiger partial charge in [-0.1, -0.05) is 0 Å². The van der Waals surface area contributed by atoms with E-state index in [4.69, 9.17) is 11.6 Å². The van der Waals surface area contributed by atoms with Crippen molar-refractivity contribution < 1.29 is 4.39 Å². The van der Waals surface area contributed by atoms with Gasteiger partial charge in [-0.15, -0.1) is 11.6 Å². The van der Waals surface area contributed by atoms with Gasteiger partial charge in [0.2, 0.25) is 0 Å². The molecule has 0 saturated carbocycles. The first-order valence-electron chi connectivity index (χ1n) is 3.16. The van der Waals surface area contributed by atoms with Crippen molar-refractivity contribution in [3.05, 3.63) is 32.6 Å². The van der Waals surface area contributed by atoms with Crippen LogP contribution < -0.4 is 0 Å². The zero-order valence-electron chi connectivity index (χ0n) is 6.00. The number of rotatable bonds is 1. The molecule has 0 saturated heterocycles. The van der Waals surface area contributed by atoms with E-state index in [-0.39, 0.29) is 11.7 Å². The smallest absolute Gasteiger partial charge is 0.127 e. The van der Waals surface area contributed by atoms with Crippen molar-refractivity contribution in [1.29, 1.82) is 0 Å². The van der Waals surface area contributed by atoms with Crippen molar-refractivity contribution in [2.24, 2.45) is 0 Å². The molecule has 0 atom stereocenters. The minimum Gasteiger partial charge on any atom is -0.207 e. The molecule has 1 aromatic carbocycles. The van der Waals surface area contributed by atoms with E-state index in [1.807, 2.05) is 6.92 Å². The summed E-state index contributed by atoms with van der Waals surface area (Å²) in [6, 6.07) is 3.20. The molecular weight excluding hydrogens is 277 g/mol. The van der Waals surface area contributed by atoms with Gasteiger partial charge >= 0.3 is 0 Å². The standard InChI is InChI=1S/C8H7ClFI/c1-5-6(4-9)7(10)2-3-8(5)11/h2-3H,4H2,1H3. The first-order chi connectivity index (χ1) is 5.16. The highest BCUT2D eigenvalue weighted by molar-refractivity contribution is 14.1. The quantitative estimate of drug-likeness (QED) is 0.547. The van der Waals surface area contributed by atoms with Gasteiger partial charge in [-0.05, 0) is 47.2 Å². The number of halogens is 3. The molecule has 0 fully saturated rings. The molecule has 11 heavy (non-hydrogen) atoms. The lowest BCUT2D eigenvalue weighted by Gasteiger charge is -2.04. The maximum atomic E-state index is 12.9. The van der Waals surface area contributed by atoms with Crippen LogP contribution in [-0.4, -0.2) is 0 Å². The molecule has 0 nitrogen and oxygen atoms in total. The fourth-order valence-electron chi connectivity index (χ4n) is 0.859. The second-order valence-electron chi connectivity index (χ2n) is 2.27. The molecule has 3 heteroatoms. The Labute approximate surface area is 83.9 Å². The van der Waals surface area contributed by atoms with Gasteiger partial charge in [-0.25, -0.2) is 4.39 Å². The van der Waals surface area contributed by atoms with Crippen molar-refractivity contribution >= 4 is 34.2 Å². The molecule has 0 amide bonds. The molecule has 1 rings (SSSR count). The molecular formula is C8H7ClFI. The summed E-state index contributed by atoms with van der Waals surface area (Å²) < 4.78 is 14.0. The Balaban J connectivity index is 3.29. The third-order valence-corrected chi connectivity index (χ3v) is 3.04. The van der Waals surface area contributed by atoms with Gasteiger partial charge in [-0.3, -0.25) is 0 Å². The van der Waals surface area contributed by atoms with Gasteiger partial charge in [-0.2, -0.15) is 0 Å². The normalized spacial score (nSPS) is 10.2. The Kier molecular flexibility index (Phi) is 3.13. The molecule has 0 spiro atoms. The third-order valence-electron chi connectivity index (χ3n) is 1.61. The van der Waals surface area contributed by atoms with Crippen LogP contribution in [0, 0.1) is 16.3 Å². The highest BCUT2D eigenvalue weighted by atomic mass is 127. The molecule has 60 valence electrons. The second kappa shape index (κ2) is 3.72. The second-order valence-corrected chi connectivity index (χ2v) is 3.70. The van der Waals surface area contributed by atoms with Crippen LogP contribution >= 0.6 is 34.2 Å². The average molecular weight is 284 g/mol. The zero-order valence-corrected chi connectivity index (χ0v) is 8.91. The summed E-state index contributed by atoms with van der Waals surface area (Å²) in [7, 11) is 0. The number of hydrogen-bond donors (Lipinski definition) is 0. The Bertz CT molecular complexity index is 273. The predicted octanol–water partition coefficient (Wildman–Crippen LogP) is 3.48. The van der Waals surface area contributed by atoms with Crippen LogP contribution in [0.25, 0.3) is 0 Å². The Morgan fingerprint density at radius 1 is 1.55 bits per heavy atom. The fraction of sp³-hybridized carbons (Fsp3) is 0.250. The summed E-state index contributed by atoms with van der Waals surface area (Å²) in [5, 5.41) is 0. The van der Waals surface area contributed by atoms with Gasteiger partial charge in [0.25, 0.3) is 0 Å². The Hall–Kier alpha value is 0.170. The van der Waals surface area contributed by atoms with Gasteiger partial charge in [0.15, 0.2) is 0 Å². The van der Waals surface area contributed by atoms with E-state index in [0.717, 1.165) is 9.13 Å². The van der Waals surface area contributed by atoms with Gasteiger partial charge in [0.05, 0.1) is 5.88 Å². The fourth-order valence-corrected chi connectivity index (χ4v) is 1.69. The number of alkyl halides is 1. The minimum absolute atomic E-state index is 0.210. The molecule has 1 aromatic rings. The van der Waals surface area contributed by atoms with Crippen LogP contribution in [0.1, 0.15) is 11.1 Å². The zero-order chi connectivity index (χ0) is 8.43. The molecule has 0 aliphatic rings. The van der Waals surface area contributed by atoms with Crippen LogP contribution in [-0.2, 0) is 5.88 Å². The van der Waals surface area contributed by atoms with Crippen LogP contribution in [0.3, 0.4) is 0 Å². The van der Waals surface area contributed by atoms with Crippen LogP contribution in [0.4, 0.5) is 4.39 Å². The van der Waals surface area contributed by atoms with Crippen molar-refractivity contribution in [2.45, 2.75) is 12.8 Å². The Morgan fingerprint density at radius 2 is 2.18 bits per heavy atom. The van der Waals surface area contributed by atoms with E-state index < -0.39 is 0 Å². The average Bonchev–Trinajstić information content (AvgIpc) is 1.99. The molecule has 0 radical (unpaired) electrons. The molecule has 0 N–H and O–H groups in total. The lowest BCUT2D eigenvalue weighted by molar-refractivity contribution is 0.615. The van der Waals surface area contributed by atoms with Crippen LogP contribution in [0.2, 0.25) is 0 Å². The highest BCUT2D eigenvalue weighted by Gasteiger charge is 2.06. The van der Waals surface area contributed by atoms with Crippen LogP contribution in [0.15, 0.2) is 12.1 Å². The van der Waals surface area contributed by atoms with Crippen molar-refractivity contribution in [2.75, 3.05) is 0 Å². The SMILES string of the molecule is Cc1c(I)ccc(F)c1CCl. The van der Waals surface area contributed by atoms with E-state index in [1.165, 1.54) is 6.07 Å². The topological polar surface area (TPSA) is 0 Å². The Morgan fingerprint density at radius 3 is 2.64 bits per heavy atom. The van der Waals surface area contributed by atoms with Crippen molar-refractivity contribution in [3.8, 4) is 0 Å². The molecule has 0 unspecified atom stereocenters. The van der Waals surface area contributed by atoms with Gasteiger partial charge < -0.3 is 0 Å². The first kappa shape index (κ1) is 9.26. The molecule has 0 aliphatic carbocycles. The maximum Gasteiger partial charge on any atom is 0.127 e. The van der Waals surface area contributed by atoms with E-state index >= 15 is 0 Å². The maximum absolute atomic E-state index is 12.9. The summed E-state index contributed by atoms with van der Waals surface area (Å²) in [6.45, 7) is 1.88. The van der Waals surface area contributed by atoms with Crippen LogP contribution in [0.5, 0.6) is 0 Å². The van der Waals surface area contributed by atoms with Crippen molar-refractivity contribution in [1.82, 2.24) is 0 Å².